The van der Waals surface area contributed by atoms with Crippen LogP contribution in [0.15, 0.2) is 18.2 Å². The summed E-state index contributed by atoms with van der Waals surface area (Å²) < 4.78 is 30.2. The first-order valence-corrected chi connectivity index (χ1v) is 5.23. The highest BCUT2D eigenvalue weighted by Crippen LogP contribution is 2.18. The van der Waals surface area contributed by atoms with E-state index in [0.29, 0.717) is 5.01 Å². The first kappa shape index (κ1) is 10.4. The van der Waals surface area contributed by atoms with Crippen LogP contribution in [0.5, 0.6) is 0 Å². The summed E-state index contributed by atoms with van der Waals surface area (Å²) in [7, 11) is 0. The Bertz CT molecular complexity index is 466. The zero-order valence-corrected chi connectivity index (χ0v) is 8.95. The molecular formula is C9H5ClF2N2S. The van der Waals surface area contributed by atoms with Crippen molar-refractivity contribution in [3.05, 3.63) is 45.7 Å². The molecule has 1 heterocycles. The fraction of sp³-hybridized carbons (Fsp3) is 0.111. The Labute approximate surface area is 93.7 Å². The molecule has 1 aromatic carbocycles. The molecule has 0 aliphatic carbocycles. The molecule has 78 valence electrons. The van der Waals surface area contributed by atoms with Gasteiger partial charge in [-0.05, 0) is 35.3 Å². The van der Waals surface area contributed by atoms with Gasteiger partial charge in [-0.2, -0.15) is 4.37 Å². The molecule has 0 saturated carbocycles. The lowest BCUT2D eigenvalue weighted by Gasteiger charge is -2.01. The standard InChI is InChI=1S/C9H5ClF2N2S/c10-9-13-8(15-14-9)4-5-6(11)2-1-3-7(5)12/h1-3H,4H2. The summed E-state index contributed by atoms with van der Waals surface area (Å²) in [5.41, 5.74) is -0.00897. The summed E-state index contributed by atoms with van der Waals surface area (Å²) in [6.45, 7) is 0. The largest absolute Gasteiger partial charge is 0.234 e. The van der Waals surface area contributed by atoms with E-state index < -0.39 is 11.6 Å². The van der Waals surface area contributed by atoms with Crippen LogP contribution in [-0.2, 0) is 6.42 Å². The van der Waals surface area contributed by atoms with Crippen LogP contribution in [0.2, 0.25) is 5.28 Å². The molecule has 2 rings (SSSR count). The van der Waals surface area contributed by atoms with E-state index in [4.69, 9.17) is 11.6 Å². The van der Waals surface area contributed by atoms with E-state index in [1.165, 1.54) is 18.2 Å². The van der Waals surface area contributed by atoms with Crippen LogP contribution in [-0.4, -0.2) is 9.36 Å². The van der Waals surface area contributed by atoms with Crippen LogP contribution in [0.25, 0.3) is 0 Å². The second-order valence-electron chi connectivity index (χ2n) is 2.83. The van der Waals surface area contributed by atoms with Gasteiger partial charge in [0.25, 0.3) is 0 Å². The molecule has 0 atom stereocenters. The monoisotopic (exact) mass is 246 g/mol. The second-order valence-corrected chi connectivity index (χ2v) is 4.01. The lowest BCUT2D eigenvalue weighted by molar-refractivity contribution is 0.561. The fourth-order valence-electron chi connectivity index (χ4n) is 1.16. The third-order valence-corrected chi connectivity index (χ3v) is 2.81. The zero-order chi connectivity index (χ0) is 10.8. The number of rotatable bonds is 2. The number of benzene rings is 1. The SMILES string of the molecule is Fc1cccc(F)c1Cc1nc(Cl)ns1. The van der Waals surface area contributed by atoms with Gasteiger partial charge in [-0.25, -0.2) is 13.8 Å². The Morgan fingerprint density at radius 2 is 1.93 bits per heavy atom. The maximum atomic E-state index is 13.2. The van der Waals surface area contributed by atoms with Crippen LogP contribution < -0.4 is 0 Å². The summed E-state index contributed by atoms with van der Waals surface area (Å²) in [5, 5.41) is 0.593. The lowest BCUT2D eigenvalue weighted by Crippen LogP contribution is -1.96. The molecule has 0 N–H and O–H groups in total. The normalized spacial score (nSPS) is 10.6. The van der Waals surface area contributed by atoms with E-state index in [0.717, 1.165) is 11.5 Å². The minimum absolute atomic E-state index is 0.00897. The molecule has 2 nitrogen and oxygen atoms in total. The van der Waals surface area contributed by atoms with Crippen molar-refractivity contribution in [2.75, 3.05) is 0 Å². The molecule has 2 aromatic rings. The molecule has 0 unspecified atom stereocenters. The third kappa shape index (κ3) is 2.30. The minimum atomic E-state index is -0.582. The van der Waals surface area contributed by atoms with Crippen molar-refractivity contribution < 1.29 is 8.78 Å². The average Bonchev–Trinajstić information content (AvgIpc) is 2.58. The molecule has 0 amide bonds. The highest BCUT2D eigenvalue weighted by Gasteiger charge is 2.11. The Hall–Kier alpha value is -1.07. The Morgan fingerprint density at radius 1 is 1.27 bits per heavy atom. The lowest BCUT2D eigenvalue weighted by atomic mass is 10.1. The molecule has 0 fully saturated rings. The van der Waals surface area contributed by atoms with E-state index in [1.807, 2.05) is 0 Å². The molecule has 6 heteroatoms. The van der Waals surface area contributed by atoms with E-state index in [9.17, 15) is 8.78 Å². The van der Waals surface area contributed by atoms with Crippen molar-refractivity contribution in [2.45, 2.75) is 6.42 Å². The molecule has 0 bridgehead atoms. The van der Waals surface area contributed by atoms with Crippen molar-refractivity contribution in [1.82, 2.24) is 9.36 Å². The maximum Gasteiger partial charge on any atom is 0.234 e. The van der Waals surface area contributed by atoms with Gasteiger partial charge in [-0.3, -0.25) is 0 Å². The first-order chi connectivity index (χ1) is 7.16. The number of nitrogens with zero attached hydrogens (tertiary/aromatic N) is 2. The molecule has 0 aliphatic heterocycles. The van der Waals surface area contributed by atoms with Crippen molar-refractivity contribution in [3.63, 3.8) is 0 Å². The van der Waals surface area contributed by atoms with Gasteiger partial charge in [0.1, 0.15) is 16.6 Å². The van der Waals surface area contributed by atoms with Crippen LogP contribution >= 0.6 is 23.1 Å². The molecule has 0 radical (unpaired) electrons. The Kier molecular flexibility index (Phi) is 2.93. The number of hydrogen-bond donors (Lipinski definition) is 0. The van der Waals surface area contributed by atoms with Crippen LogP contribution in [0.3, 0.4) is 0 Å². The summed E-state index contributed by atoms with van der Waals surface area (Å²) in [6, 6.07) is 3.74. The minimum Gasteiger partial charge on any atom is -0.209 e. The zero-order valence-electron chi connectivity index (χ0n) is 7.38. The van der Waals surface area contributed by atoms with Gasteiger partial charge in [0.05, 0.1) is 0 Å². The smallest absolute Gasteiger partial charge is 0.209 e. The first-order valence-electron chi connectivity index (χ1n) is 4.08. The van der Waals surface area contributed by atoms with Crippen molar-refractivity contribution in [2.24, 2.45) is 0 Å². The Morgan fingerprint density at radius 3 is 2.47 bits per heavy atom. The summed E-state index contributed by atoms with van der Waals surface area (Å²) in [6.07, 6.45) is 0.0723. The number of hydrogen-bond acceptors (Lipinski definition) is 3. The number of aromatic nitrogens is 2. The third-order valence-electron chi connectivity index (χ3n) is 1.83. The summed E-state index contributed by atoms with van der Waals surface area (Å²) >= 11 is 6.54. The van der Waals surface area contributed by atoms with Crippen molar-refractivity contribution in [3.8, 4) is 0 Å². The van der Waals surface area contributed by atoms with Gasteiger partial charge in [0.2, 0.25) is 5.28 Å². The molecular weight excluding hydrogens is 242 g/mol. The van der Waals surface area contributed by atoms with Crippen LogP contribution in [0.1, 0.15) is 10.6 Å². The molecule has 0 saturated heterocycles. The predicted octanol–water partition coefficient (Wildman–Crippen LogP) is 3.06. The van der Waals surface area contributed by atoms with Crippen molar-refractivity contribution in [1.29, 1.82) is 0 Å². The second kappa shape index (κ2) is 4.20. The topological polar surface area (TPSA) is 25.8 Å². The average molecular weight is 247 g/mol. The molecule has 1 aromatic heterocycles. The van der Waals surface area contributed by atoms with Crippen molar-refractivity contribution >= 4 is 23.1 Å². The summed E-state index contributed by atoms with van der Waals surface area (Å²) in [4.78, 5) is 3.83. The fourth-order valence-corrected chi connectivity index (χ4v) is 1.97. The van der Waals surface area contributed by atoms with Gasteiger partial charge in [0.15, 0.2) is 0 Å². The highest BCUT2D eigenvalue weighted by molar-refractivity contribution is 7.05. The van der Waals surface area contributed by atoms with Gasteiger partial charge in [0, 0.05) is 12.0 Å². The number of halogens is 3. The van der Waals surface area contributed by atoms with E-state index >= 15 is 0 Å². The van der Waals surface area contributed by atoms with Crippen LogP contribution in [0, 0.1) is 11.6 Å². The molecule has 0 spiro atoms. The predicted molar refractivity (Wildman–Crippen MR) is 54.1 cm³/mol. The van der Waals surface area contributed by atoms with Gasteiger partial charge < -0.3 is 0 Å². The van der Waals surface area contributed by atoms with Gasteiger partial charge in [-0.15, -0.1) is 0 Å². The maximum absolute atomic E-state index is 13.2. The van der Waals surface area contributed by atoms with Gasteiger partial charge >= 0.3 is 0 Å². The quantitative estimate of drug-likeness (QED) is 0.814. The van der Waals surface area contributed by atoms with Crippen LogP contribution in [0.4, 0.5) is 8.78 Å². The molecule has 0 aliphatic rings. The Balaban J connectivity index is 2.31. The van der Waals surface area contributed by atoms with E-state index in [-0.39, 0.29) is 17.3 Å². The van der Waals surface area contributed by atoms with E-state index in [1.54, 1.807) is 0 Å². The molecule has 15 heavy (non-hydrogen) atoms. The summed E-state index contributed by atoms with van der Waals surface area (Å²) in [5.74, 6) is -1.16. The van der Waals surface area contributed by atoms with Gasteiger partial charge in [-0.1, -0.05) is 6.07 Å². The highest BCUT2D eigenvalue weighted by atomic mass is 35.5. The van der Waals surface area contributed by atoms with E-state index in [2.05, 4.69) is 9.36 Å².